The Morgan fingerprint density at radius 3 is 2.50 bits per heavy atom. The Morgan fingerprint density at radius 2 is 2.06 bits per heavy atom. The summed E-state index contributed by atoms with van der Waals surface area (Å²) in [4.78, 5) is 11.8. The largest absolute Gasteiger partial charge is 0.325 e. The molecule has 3 nitrogen and oxygen atoms in total. The number of anilines is 1. The van der Waals surface area contributed by atoms with E-state index in [2.05, 4.69) is 5.32 Å². The molecule has 4 heteroatoms. The molecule has 1 amide bonds. The van der Waals surface area contributed by atoms with Crippen LogP contribution in [0.1, 0.15) is 20.3 Å². The van der Waals surface area contributed by atoms with Gasteiger partial charge in [0.05, 0.1) is 6.07 Å². The summed E-state index contributed by atoms with van der Waals surface area (Å²) in [6.45, 7) is 3.35. The zero-order valence-corrected chi connectivity index (χ0v) is 9.25. The van der Waals surface area contributed by atoms with E-state index in [1.54, 1.807) is 13.8 Å². The number of hydrogen-bond donors (Lipinski definition) is 1. The van der Waals surface area contributed by atoms with E-state index in [1.807, 2.05) is 6.07 Å². The summed E-state index contributed by atoms with van der Waals surface area (Å²) in [7, 11) is 0. The number of carbonyl (C=O) groups is 1. The lowest BCUT2D eigenvalue weighted by Crippen LogP contribution is -2.31. The number of hydrogen-bond acceptors (Lipinski definition) is 2. The molecule has 1 aromatic rings. The van der Waals surface area contributed by atoms with E-state index in [0.29, 0.717) is 12.1 Å². The third-order valence-corrected chi connectivity index (χ3v) is 2.56. The topological polar surface area (TPSA) is 52.9 Å². The van der Waals surface area contributed by atoms with Crippen LogP contribution in [0.5, 0.6) is 0 Å². The van der Waals surface area contributed by atoms with Crippen LogP contribution in [-0.2, 0) is 4.79 Å². The molecule has 0 aliphatic heterocycles. The number of nitrogens with zero attached hydrogens (tertiary/aromatic N) is 1. The number of carbonyl (C=O) groups excluding carboxylic acids is 1. The van der Waals surface area contributed by atoms with E-state index in [0.717, 1.165) is 0 Å². The fourth-order valence-corrected chi connectivity index (χ4v) is 1.09. The summed E-state index contributed by atoms with van der Waals surface area (Å²) < 4.78 is 12.6. The SMILES string of the molecule is CC[C@](C)(C#N)C(=O)Nc1ccc(F)cc1. The summed E-state index contributed by atoms with van der Waals surface area (Å²) in [5.74, 6) is -0.736. The van der Waals surface area contributed by atoms with Gasteiger partial charge < -0.3 is 5.32 Å². The van der Waals surface area contributed by atoms with Crippen LogP contribution in [0.3, 0.4) is 0 Å². The van der Waals surface area contributed by atoms with Crippen molar-refractivity contribution in [3.63, 3.8) is 0 Å². The smallest absolute Gasteiger partial charge is 0.244 e. The van der Waals surface area contributed by atoms with Crippen molar-refractivity contribution in [1.29, 1.82) is 5.26 Å². The van der Waals surface area contributed by atoms with E-state index in [1.165, 1.54) is 24.3 Å². The molecular formula is C12H13FN2O. The molecule has 0 fully saturated rings. The van der Waals surface area contributed by atoms with Crippen molar-refractivity contribution in [3.05, 3.63) is 30.1 Å². The summed E-state index contributed by atoms with van der Waals surface area (Å²) in [5.41, 5.74) is -0.560. The van der Waals surface area contributed by atoms with Gasteiger partial charge in [0.25, 0.3) is 0 Å². The molecule has 84 valence electrons. The van der Waals surface area contributed by atoms with Gasteiger partial charge in [-0.25, -0.2) is 4.39 Å². The van der Waals surface area contributed by atoms with Crippen LogP contribution in [0.15, 0.2) is 24.3 Å². The third-order valence-electron chi connectivity index (χ3n) is 2.56. The van der Waals surface area contributed by atoms with Gasteiger partial charge in [-0.15, -0.1) is 0 Å². The minimum Gasteiger partial charge on any atom is -0.325 e. The highest BCUT2D eigenvalue weighted by Gasteiger charge is 2.31. The van der Waals surface area contributed by atoms with E-state index in [9.17, 15) is 9.18 Å². The summed E-state index contributed by atoms with van der Waals surface area (Å²) in [6.07, 6.45) is 0.427. The number of amides is 1. The van der Waals surface area contributed by atoms with Gasteiger partial charge in [0, 0.05) is 5.69 Å². The number of nitriles is 1. The van der Waals surface area contributed by atoms with Crippen LogP contribution >= 0.6 is 0 Å². The first-order valence-electron chi connectivity index (χ1n) is 5.00. The molecule has 0 aliphatic rings. The molecule has 0 spiro atoms. The average Bonchev–Trinajstić information content (AvgIpc) is 2.31. The second-order valence-electron chi connectivity index (χ2n) is 3.76. The second kappa shape index (κ2) is 4.75. The van der Waals surface area contributed by atoms with Crippen LogP contribution in [0.25, 0.3) is 0 Å². The van der Waals surface area contributed by atoms with Crippen LogP contribution in [-0.4, -0.2) is 5.91 Å². The van der Waals surface area contributed by atoms with Crippen molar-refractivity contribution in [1.82, 2.24) is 0 Å². The van der Waals surface area contributed by atoms with Crippen molar-refractivity contribution in [2.24, 2.45) is 5.41 Å². The first-order chi connectivity index (χ1) is 7.51. The fraction of sp³-hybridized carbons (Fsp3) is 0.333. The predicted octanol–water partition coefficient (Wildman–Crippen LogP) is 2.70. The maximum Gasteiger partial charge on any atom is 0.244 e. The van der Waals surface area contributed by atoms with Crippen LogP contribution in [0, 0.1) is 22.6 Å². The third kappa shape index (κ3) is 2.57. The first-order valence-corrected chi connectivity index (χ1v) is 5.00. The molecule has 1 atom stereocenters. The molecule has 0 heterocycles. The van der Waals surface area contributed by atoms with E-state index < -0.39 is 5.41 Å². The van der Waals surface area contributed by atoms with Crippen molar-refractivity contribution in [2.75, 3.05) is 5.32 Å². The molecule has 0 bridgehead atoms. The molecule has 0 radical (unpaired) electrons. The molecule has 1 rings (SSSR count). The molecule has 0 saturated heterocycles. The van der Waals surface area contributed by atoms with E-state index in [4.69, 9.17) is 5.26 Å². The summed E-state index contributed by atoms with van der Waals surface area (Å²) in [5, 5.41) is 11.5. The van der Waals surface area contributed by atoms with Gasteiger partial charge in [-0.3, -0.25) is 4.79 Å². The zero-order valence-electron chi connectivity index (χ0n) is 9.25. The molecule has 0 aliphatic carbocycles. The van der Waals surface area contributed by atoms with Gasteiger partial charge in [-0.2, -0.15) is 5.26 Å². The average molecular weight is 220 g/mol. The second-order valence-corrected chi connectivity index (χ2v) is 3.76. The van der Waals surface area contributed by atoms with Gasteiger partial charge in [0.15, 0.2) is 0 Å². The highest BCUT2D eigenvalue weighted by molar-refractivity contribution is 5.96. The van der Waals surface area contributed by atoms with Crippen LogP contribution in [0.4, 0.5) is 10.1 Å². The number of benzene rings is 1. The highest BCUT2D eigenvalue weighted by atomic mass is 19.1. The minimum absolute atomic E-state index is 0.364. The monoisotopic (exact) mass is 220 g/mol. The van der Waals surface area contributed by atoms with Crippen molar-refractivity contribution in [3.8, 4) is 6.07 Å². The van der Waals surface area contributed by atoms with Gasteiger partial charge in [-0.1, -0.05) is 6.92 Å². The predicted molar refractivity (Wildman–Crippen MR) is 59.0 cm³/mol. The van der Waals surface area contributed by atoms with E-state index in [-0.39, 0.29) is 11.7 Å². The Hall–Kier alpha value is -1.89. The van der Waals surface area contributed by atoms with Gasteiger partial charge in [0.1, 0.15) is 11.2 Å². The minimum atomic E-state index is -1.05. The van der Waals surface area contributed by atoms with Crippen molar-refractivity contribution < 1.29 is 9.18 Å². The Morgan fingerprint density at radius 1 is 1.50 bits per heavy atom. The number of nitrogens with one attached hydrogen (secondary N) is 1. The number of halogens is 1. The molecule has 1 N–H and O–H groups in total. The quantitative estimate of drug-likeness (QED) is 0.851. The van der Waals surface area contributed by atoms with Gasteiger partial charge in [0.2, 0.25) is 5.91 Å². The van der Waals surface area contributed by atoms with Crippen molar-refractivity contribution >= 4 is 11.6 Å². The first kappa shape index (κ1) is 12.2. The van der Waals surface area contributed by atoms with E-state index >= 15 is 0 Å². The Labute approximate surface area is 93.9 Å². The Kier molecular flexibility index (Phi) is 3.62. The molecule has 0 aromatic heterocycles. The normalized spacial score (nSPS) is 13.6. The van der Waals surface area contributed by atoms with Gasteiger partial charge in [-0.05, 0) is 37.6 Å². The van der Waals surface area contributed by atoms with Gasteiger partial charge >= 0.3 is 0 Å². The molecular weight excluding hydrogens is 207 g/mol. The summed E-state index contributed by atoms with van der Waals surface area (Å²) in [6, 6.07) is 7.40. The molecule has 16 heavy (non-hydrogen) atoms. The summed E-state index contributed by atoms with van der Waals surface area (Å²) >= 11 is 0. The Balaban J connectivity index is 2.79. The van der Waals surface area contributed by atoms with Crippen LogP contribution in [0.2, 0.25) is 0 Å². The molecule has 0 unspecified atom stereocenters. The fourth-order valence-electron chi connectivity index (χ4n) is 1.09. The Bertz CT molecular complexity index is 422. The standard InChI is InChI=1S/C12H13FN2O/c1-3-12(2,8-14)11(16)15-10-6-4-9(13)5-7-10/h4-7H,3H2,1-2H3,(H,15,16)/t12-/m1/s1. The maximum absolute atomic E-state index is 12.6. The molecule has 0 saturated carbocycles. The van der Waals surface area contributed by atoms with Crippen molar-refractivity contribution in [2.45, 2.75) is 20.3 Å². The number of rotatable bonds is 3. The lowest BCUT2D eigenvalue weighted by Gasteiger charge is -2.18. The lowest BCUT2D eigenvalue weighted by molar-refractivity contribution is -0.122. The van der Waals surface area contributed by atoms with Crippen LogP contribution < -0.4 is 5.32 Å². The zero-order chi connectivity index (χ0) is 12.2. The molecule has 1 aromatic carbocycles. The lowest BCUT2D eigenvalue weighted by atomic mass is 9.88. The maximum atomic E-state index is 12.6. The highest BCUT2D eigenvalue weighted by Crippen LogP contribution is 2.22.